The number of rotatable bonds is 6. The smallest absolute Gasteiger partial charge is 0.264 e. The van der Waals surface area contributed by atoms with E-state index >= 15 is 0 Å². The van der Waals surface area contributed by atoms with Crippen LogP contribution in [0.3, 0.4) is 0 Å². The molecule has 0 aromatic heterocycles. The lowest BCUT2D eigenvalue weighted by Crippen LogP contribution is -2.44. The van der Waals surface area contributed by atoms with E-state index in [9.17, 15) is 17.2 Å². The molecule has 0 saturated heterocycles. The number of hydrogen-bond donors (Lipinski definition) is 0. The van der Waals surface area contributed by atoms with Crippen LogP contribution in [0.5, 0.6) is 5.75 Å². The zero-order chi connectivity index (χ0) is 22.9. The van der Waals surface area contributed by atoms with Crippen molar-refractivity contribution in [1.82, 2.24) is 0 Å². The summed E-state index contributed by atoms with van der Waals surface area (Å²) >= 11 is 0. The van der Waals surface area contributed by atoms with E-state index in [-0.39, 0.29) is 16.7 Å². The average molecular weight is 458 g/mol. The summed E-state index contributed by atoms with van der Waals surface area (Å²) < 4.78 is 61.7. The number of sulfonamides is 1. The molecule has 7 heteroatoms. The van der Waals surface area contributed by atoms with Gasteiger partial charge in [0.2, 0.25) is 0 Å². The van der Waals surface area contributed by atoms with Crippen LogP contribution in [0, 0.1) is 18.6 Å². The number of halogens is 2. The Morgan fingerprint density at radius 3 is 2.50 bits per heavy atom. The molecule has 1 aliphatic heterocycles. The molecule has 32 heavy (non-hydrogen) atoms. The van der Waals surface area contributed by atoms with Gasteiger partial charge in [0.05, 0.1) is 17.7 Å². The summed E-state index contributed by atoms with van der Waals surface area (Å²) in [7, 11) is -2.49. The number of ether oxygens (including phenoxy) is 1. The average Bonchev–Trinajstić information content (AvgIpc) is 2.78. The van der Waals surface area contributed by atoms with E-state index in [2.05, 4.69) is 0 Å². The van der Waals surface area contributed by atoms with Crippen LogP contribution < -0.4 is 9.04 Å². The van der Waals surface area contributed by atoms with Gasteiger partial charge in [-0.15, -0.1) is 0 Å². The molecule has 4 rings (SSSR count). The lowest BCUT2D eigenvalue weighted by Gasteiger charge is -2.38. The number of nitrogens with zero attached hydrogens (tertiary/aromatic N) is 1. The third kappa shape index (κ3) is 4.35. The molecule has 168 valence electrons. The third-order valence-electron chi connectivity index (χ3n) is 5.92. The first-order valence-electron chi connectivity index (χ1n) is 10.5. The summed E-state index contributed by atoms with van der Waals surface area (Å²) in [6.45, 7) is 1.89. The summed E-state index contributed by atoms with van der Waals surface area (Å²) in [5.74, 6) is -0.763. The van der Waals surface area contributed by atoms with Crippen molar-refractivity contribution in [3.05, 3.63) is 89.0 Å². The van der Waals surface area contributed by atoms with Gasteiger partial charge in [-0.25, -0.2) is 17.2 Å². The van der Waals surface area contributed by atoms with E-state index in [0.717, 1.165) is 16.7 Å². The van der Waals surface area contributed by atoms with E-state index < -0.39 is 21.7 Å². The molecule has 1 unspecified atom stereocenters. The van der Waals surface area contributed by atoms with Gasteiger partial charge in [0.15, 0.2) is 11.6 Å². The van der Waals surface area contributed by atoms with Crippen molar-refractivity contribution < 1.29 is 21.9 Å². The van der Waals surface area contributed by atoms with Crippen LogP contribution in [0.2, 0.25) is 0 Å². The Labute approximate surface area is 187 Å². The second-order valence-corrected chi connectivity index (χ2v) is 9.90. The van der Waals surface area contributed by atoms with Crippen molar-refractivity contribution in [2.75, 3.05) is 11.4 Å². The number of benzene rings is 3. The van der Waals surface area contributed by atoms with E-state index in [1.807, 2.05) is 6.92 Å². The monoisotopic (exact) mass is 457 g/mol. The van der Waals surface area contributed by atoms with E-state index in [4.69, 9.17) is 4.74 Å². The first kappa shape index (κ1) is 22.3. The van der Waals surface area contributed by atoms with Crippen LogP contribution in [0.25, 0.3) is 0 Å². The van der Waals surface area contributed by atoms with Crippen LogP contribution in [-0.2, 0) is 22.9 Å². The van der Waals surface area contributed by atoms with E-state index in [1.54, 1.807) is 42.5 Å². The SMILES string of the molecule is COc1cc(CCC2CCc3ccc(F)cc3N2S(=O)(=O)c2ccc(C)cc2)ccc1F. The highest BCUT2D eigenvalue weighted by Crippen LogP contribution is 2.37. The minimum atomic E-state index is -3.90. The van der Waals surface area contributed by atoms with Gasteiger partial charge < -0.3 is 4.74 Å². The lowest BCUT2D eigenvalue weighted by molar-refractivity contribution is 0.385. The van der Waals surface area contributed by atoms with Gasteiger partial charge >= 0.3 is 0 Å². The Kier molecular flexibility index (Phi) is 6.20. The number of methoxy groups -OCH3 is 1. The molecular formula is C25H25F2NO3S. The molecule has 0 fully saturated rings. The highest BCUT2D eigenvalue weighted by molar-refractivity contribution is 7.92. The molecule has 3 aromatic carbocycles. The summed E-state index contributed by atoms with van der Waals surface area (Å²) in [6, 6.07) is 15.3. The van der Waals surface area contributed by atoms with Crippen molar-refractivity contribution >= 4 is 15.7 Å². The van der Waals surface area contributed by atoms with E-state index in [1.165, 1.54) is 29.6 Å². The van der Waals surface area contributed by atoms with Gasteiger partial charge in [-0.3, -0.25) is 4.31 Å². The summed E-state index contributed by atoms with van der Waals surface area (Å²) in [5, 5.41) is 0. The Morgan fingerprint density at radius 2 is 1.78 bits per heavy atom. The third-order valence-corrected chi connectivity index (χ3v) is 7.80. The second kappa shape index (κ2) is 8.90. The van der Waals surface area contributed by atoms with Gasteiger partial charge in [0.1, 0.15) is 5.82 Å². The molecule has 0 aliphatic carbocycles. The fraction of sp³-hybridized carbons (Fsp3) is 0.280. The molecule has 0 bridgehead atoms. The zero-order valence-corrected chi connectivity index (χ0v) is 18.8. The van der Waals surface area contributed by atoms with Gasteiger partial charge in [-0.2, -0.15) is 0 Å². The molecule has 0 N–H and O–H groups in total. The van der Waals surface area contributed by atoms with Crippen LogP contribution in [0.4, 0.5) is 14.5 Å². The fourth-order valence-corrected chi connectivity index (χ4v) is 5.93. The van der Waals surface area contributed by atoms with Crippen LogP contribution >= 0.6 is 0 Å². The minimum absolute atomic E-state index is 0.155. The summed E-state index contributed by atoms with van der Waals surface area (Å²) in [6.07, 6.45) is 2.32. The molecule has 4 nitrogen and oxygen atoms in total. The van der Waals surface area contributed by atoms with Gasteiger partial charge in [0, 0.05) is 6.04 Å². The predicted molar refractivity (Wildman–Crippen MR) is 121 cm³/mol. The highest BCUT2D eigenvalue weighted by Gasteiger charge is 2.36. The maximum Gasteiger partial charge on any atom is 0.264 e. The van der Waals surface area contributed by atoms with Gasteiger partial charge in [0.25, 0.3) is 10.0 Å². The maximum absolute atomic E-state index is 14.1. The number of fused-ring (bicyclic) bond motifs is 1. The maximum atomic E-state index is 14.1. The topological polar surface area (TPSA) is 46.6 Å². The summed E-state index contributed by atoms with van der Waals surface area (Å²) in [4.78, 5) is 0.175. The quantitative estimate of drug-likeness (QED) is 0.496. The van der Waals surface area contributed by atoms with Gasteiger partial charge in [-0.05, 0) is 80.1 Å². The molecule has 1 atom stereocenters. The number of anilines is 1. The Morgan fingerprint density at radius 1 is 1.03 bits per heavy atom. The van der Waals surface area contributed by atoms with Crippen LogP contribution in [-0.4, -0.2) is 21.6 Å². The van der Waals surface area contributed by atoms with Crippen molar-refractivity contribution in [3.8, 4) is 5.75 Å². The predicted octanol–water partition coefficient (Wildman–Crippen LogP) is 5.42. The zero-order valence-electron chi connectivity index (χ0n) is 18.0. The standard InChI is InChI=1S/C25H25F2NO3S/c1-17-3-12-22(13-4-17)32(29,30)28-21(11-8-19-7-9-20(26)16-24(19)28)10-5-18-6-14-23(27)25(15-18)31-2/h3-4,6-7,9,12-16,21H,5,8,10-11H2,1-2H3. The Hall–Kier alpha value is -2.93. The second-order valence-electron chi connectivity index (χ2n) is 8.09. The molecule has 0 spiro atoms. The molecular weight excluding hydrogens is 432 g/mol. The molecule has 0 radical (unpaired) electrons. The lowest BCUT2D eigenvalue weighted by atomic mass is 9.94. The normalized spacial score (nSPS) is 16.0. The van der Waals surface area contributed by atoms with Crippen LogP contribution in [0.1, 0.15) is 29.5 Å². The fourth-order valence-electron chi connectivity index (χ4n) is 4.19. The van der Waals surface area contributed by atoms with Crippen molar-refractivity contribution in [1.29, 1.82) is 0 Å². The first-order valence-corrected chi connectivity index (χ1v) is 12.0. The van der Waals surface area contributed by atoms with Crippen LogP contribution in [0.15, 0.2) is 65.6 Å². The summed E-state index contributed by atoms with van der Waals surface area (Å²) in [5.41, 5.74) is 3.00. The molecule has 1 aliphatic rings. The minimum Gasteiger partial charge on any atom is -0.494 e. The van der Waals surface area contributed by atoms with Gasteiger partial charge in [-0.1, -0.05) is 29.8 Å². The first-order chi connectivity index (χ1) is 15.3. The largest absolute Gasteiger partial charge is 0.494 e. The molecule has 0 amide bonds. The van der Waals surface area contributed by atoms with Crippen molar-refractivity contribution in [2.45, 2.75) is 43.5 Å². The van der Waals surface area contributed by atoms with E-state index in [0.29, 0.717) is 31.4 Å². The van der Waals surface area contributed by atoms with Crippen molar-refractivity contribution in [2.24, 2.45) is 0 Å². The highest BCUT2D eigenvalue weighted by atomic mass is 32.2. The number of hydrogen-bond acceptors (Lipinski definition) is 3. The molecule has 1 heterocycles. The van der Waals surface area contributed by atoms with Crippen molar-refractivity contribution in [3.63, 3.8) is 0 Å². The Bertz CT molecular complexity index is 1230. The Balaban J connectivity index is 1.70. The molecule has 0 saturated carbocycles. The molecule has 3 aromatic rings. The number of aryl methyl sites for hydroxylation is 3.